The Balaban J connectivity index is 1.86. The molecule has 0 saturated carbocycles. The summed E-state index contributed by atoms with van der Waals surface area (Å²) in [5.41, 5.74) is 2.35. The van der Waals surface area contributed by atoms with Gasteiger partial charge in [0.1, 0.15) is 0 Å². The van der Waals surface area contributed by atoms with Crippen molar-refractivity contribution < 1.29 is 9.53 Å². The van der Waals surface area contributed by atoms with Gasteiger partial charge in [0.2, 0.25) is 0 Å². The molecule has 2 rings (SSSR count). The third kappa shape index (κ3) is 4.52. The normalized spacial score (nSPS) is 17.6. The van der Waals surface area contributed by atoms with Crippen molar-refractivity contribution in [3.8, 4) is 0 Å². The van der Waals surface area contributed by atoms with E-state index in [1.54, 1.807) is 4.68 Å². The summed E-state index contributed by atoms with van der Waals surface area (Å²) in [6, 6.07) is 1.98. The van der Waals surface area contributed by atoms with Crippen LogP contribution in [-0.2, 0) is 16.1 Å². The number of piperidine rings is 1. The highest BCUT2D eigenvalue weighted by atomic mass is 16.5. The van der Waals surface area contributed by atoms with E-state index < -0.39 is 0 Å². The molecule has 19 heavy (non-hydrogen) atoms. The lowest BCUT2D eigenvalue weighted by atomic mass is 10.1. The van der Waals surface area contributed by atoms with Crippen molar-refractivity contribution in [3.05, 3.63) is 23.5 Å². The Morgan fingerprint density at radius 3 is 3.26 bits per heavy atom. The van der Waals surface area contributed by atoms with E-state index in [1.807, 2.05) is 19.2 Å². The summed E-state index contributed by atoms with van der Waals surface area (Å²) in [6.45, 7) is 4.87. The van der Waals surface area contributed by atoms with Gasteiger partial charge in [0, 0.05) is 12.7 Å². The molecule has 0 bridgehead atoms. The highest BCUT2D eigenvalue weighted by molar-refractivity contribution is 5.69. The lowest BCUT2D eigenvalue weighted by Crippen LogP contribution is -2.23. The summed E-state index contributed by atoms with van der Waals surface area (Å²) in [6.07, 6.45) is 6.74. The van der Waals surface area contributed by atoms with Crippen LogP contribution in [0.5, 0.6) is 0 Å². The van der Waals surface area contributed by atoms with Crippen LogP contribution in [0.15, 0.2) is 17.8 Å². The zero-order valence-corrected chi connectivity index (χ0v) is 11.4. The number of rotatable bonds is 5. The first-order valence-electron chi connectivity index (χ1n) is 6.87. The molecule has 0 aromatic carbocycles. The Kier molecular flexibility index (Phi) is 5.15. The molecule has 1 N–H and O–H groups in total. The highest BCUT2D eigenvalue weighted by Crippen LogP contribution is 2.12. The average molecular weight is 263 g/mol. The molecule has 0 aliphatic carbocycles. The van der Waals surface area contributed by atoms with Gasteiger partial charge in [-0.2, -0.15) is 5.10 Å². The van der Waals surface area contributed by atoms with Gasteiger partial charge < -0.3 is 10.1 Å². The highest BCUT2D eigenvalue weighted by Gasteiger charge is 2.06. The number of carbonyl (C=O) groups is 1. The maximum atomic E-state index is 11.3. The van der Waals surface area contributed by atoms with Crippen LogP contribution in [0, 0.1) is 0 Å². The minimum atomic E-state index is -0.172. The zero-order valence-electron chi connectivity index (χ0n) is 11.4. The number of carbonyl (C=O) groups excluding carboxylic acids is 1. The lowest BCUT2D eigenvalue weighted by Gasteiger charge is -2.14. The zero-order chi connectivity index (χ0) is 13.5. The molecule has 1 aliphatic heterocycles. The summed E-state index contributed by atoms with van der Waals surface area (Å²) in [5.74, 6) is -0.172. The number of nitrogens with zero attached hydrogens (tertiary/aromatic N) is 2. The van der Waals surface area contributed by atoms with Crippen LogP contribution in [0.3, 0.4) is 0 Å². The van der Waals surface area contributed by atoms with Gasteiger partial charge in [0.25, 0.3) is 0 Å². The number of aromatic nitrogens is 2. The fourth-order valence-electron chi connectivity index (χ4n) is 2.13. The van der Waals surface area contributed by atoms with Gasteiger partial charge in [-0.25, -0.2) is 0 Å². The maximum Gasteiger partial charge on any atom is 0.307 e. The second-order valence-corrected chi connectivity index (χ2v) is 4.64. The second-order valence-electron chi connectivity index (χ2n) is 4.64. The van der Waals surface area contributed by atoms with Crippen molar-refractivity contribution in [2.75, 3.05) is 19.7 Å². The van der Waals surface area contributed by atoms with E-state index in [0.29, 0.717) is 19.6 Å². The van der Waals surface area contributed by atoms with Gasteiger partial charge in [0.15, 0.2) is 0 Å². The monoisotopic (exact) mass is 263 g/mol. The van der Waals surface area contributed by atoms with E-state index in [-0.39, 0.29) is 5.97 Å². The number of hydrogen-bond donors (Lipinski definition) is 1. The number of ether oxygens (including phenoxy) is 1. The van der Waals surface area contributed by atoms with Gasteiger partial charge in [-0.15, -0.1) is 0 Å². The van der Waals surface area contributed by atoms with Gasteiger partial charge in [-0.1, -0.05) is 5.57 Å². The Morgan fingerprint density at radius 1 is 1.63 bits per heavy atom. The standard InChI is InChI=1S/C14H21N3O2/c1-2-19-14(18)6-9-17-8-5-13(16-17)10-12-4-3-7-15-11-12/h5,8,10,15H,2-4,6-7,9,11H2,1H3. The van der Waals surface area contributed by atoms with Crippen LogP contribution in [0.4, 0.5) is 0 Å². The molecule has 0 spiro atoms. The molecule has 5 heteroatoms. The SMILES string of the molecule is CCOC(=O)CCn1ccc(C=C2CCCNC2)n1. The van der Waals surface area contributed by atoms with Crippen LogP contribution in [0.25, 0.3) is 6.08 Å². The molecule has 1 aromatic heterocycles. The predicted molar refractivity (Wildman–Crippen MR) is 73.6 cm³/mol. The van der Waals surface area contributed by atoms with Crippen LogP contribution in [0.1, 0.15) is 31.9 Å². The van der Waals surface area contributed by atoms with Crippen molar-refractivity contribution >= 4 is 12.0 Å². The average Bonchev–Trinajstić information content (AvgIpc) is 2.86. The summed E-state index contributed by atoms with van der Waals surface area (Å²) >= 11 is 0. The number of esters is 1. The minimum absolute atomic E-state index is 0.172. The van der Waals surface area contributed by atoms with Crippen molar-refractivity contribution in [1.82, 2.24) is 15.1 Å². The molecule has 0 atom stereocenters. The van der Waals surface area contributed by atoms with Crippen molar-refractivity contribution in [2.45, 2.75) is 32.7 Å². The van der Waals surface area contributed by atoms with Gasteiger partial charge in [-0.3, -0.25) is 9.48 Å². The van der Waals surface area contributed by atoms with E-state index >= 15 is 0 Å². The summed E-state index contributed by atoms with van der Waals surface area (Å²) in [5, 5.41) is 7.79. The molecule has 2 heterocycles. The summed E-state index contributed by atoms with van der Waals surface area (Å²) in [7, 11) is 0. The molecule has 0 amide bonds. The molecule has 5 nitrogen and oxygen atoms in total. The Hall–Kier alpha value is -1.62. The minimum Gasteiger partial charge on any atom is -0.466 e. The summed E-state index contributed by atoms with van der Waals surface area (Å²) in [4.78, 5) is 11.3. The lowest BCUT2D eigenvalue weighted by molar-refractivity contribution is -0.143. The largest absolute Gasteiger partial charge is 0.466 e. The fraction of sp³-hybridized carbons (Fsp3) is 0.571. The predicted octanol–water partition coefficient (Wildman–Crippen LogP) is 1.60. The summed E-state index contributed by atoms with van der Waals surface area (Å²) < 4.78 is 6.68. The topological polar surface area (TPSA) is 56.1 Å². The molecular formula is C14H21N3O2. The maximum absolute atomic E-state index is 11.3. The number of nitrogens with one attached hydrogen (secondary N) is 1. The van der Waals surface area contributed by atoms with Crippen LogP contribution < -0.4 is 5.32 Å². The van der Waals surface area contributed by atoms with Gasteiger partial charge in [-0.05, 0) is 38.5 Å². The number of hydrogen-bond acceptors (Lipinski definition) is 4. The molecule has 0 radical (unpaired) electrons. The smallest absolute Gasteiger partial charge is 0.307 e. The Bertz CT molecular complexity index is 443. The van der Waals surface area contributed by atoms with E-state index in [4.69, 9.17) is 4.74 Å². The van der Waals surface area contributed by atoms with Crippen molar-refractivity contribution in [2.24, 2.45) is 0 Å². The van der Waals surface area contributed by atoms with E-state index in [0.717, 1.165) is 25.2 Å². The van der Waals surface area contributed by atoms with E-state index in [1.165, 1.54) is 12.0 Å². The molecule has 1 aliphatic rings. The van der Waals surface area contributed by atoms with E-state index in [9.17, 15) is 4.79 Å². The van der Waals surface area contributed by atoms with Gasteiger partial charge in [0.05, 0.1) is 25.3 Å². The second kappa shape index (κ2) is 7.09. The van der Waals surface area contributed by atoms with Crippen LogP contribution >= 0.6 is 0 Å². The molecular weight excluding hydrogens is 242 g/mol. The molecule has 1 saturated heterocycles. The molecule has 1 fully saturated rings. The first-order chi connectivity index (χ1) is 9.28. The Labute approximate surface area is 113 Å². The van der Waals surface area contributed by atoms with Crippen molar-refractivity contribution in [3.63, 3.8) is 0 Å². The molecule has 104 valence electrons. The van der Waals surface area contributed by atoms with Crippen LogP contribution in [-0.4, -0.2) is 35.4 Å². The van der Waals surface area contributed by atoms with Gasteiger partial charge >= 0.3 is 5.97 Å². The third-order valence-electron chi connectivity index (χ3n) is 3.07. The van der Waals surface area contributed by atoms with Crippen molar-refractivity contribution in [1.29, 1.82) is 0 Å². The Morgan fingerprint density at radius 2 is 2.53 bits per heavy atom. The quantitative estimate of drug-likeness (QED) is 0.820. The van der Waals surface area contributed by atoms with Crippen LogP contribution in [0.2, 0.25) is 0 Å². The number of aryl methyl sites for hydroxylation is 1. The first kappa shape index (κ1) is 13.8. The van der Waals surface area contributed by atoms with E-state index in [2.05, 4.69) is 16.5 Å². The molecule has 1 aromatic rings. The third-order valence-corrected chi connectivity index (χ3v) is 3.07. The fourth-order valence-corrected chi connectivity index (χ4v) is 2.13. The molecule has 0 unspecified atom stereocenters. The first-order valence-corrected chi connectivity index (χ1v) is 6.87.